The van der Waals surface area contributed by atoms with Gasteiger partial charge in [0.1, 0.15) is 0 Å². The molecule has 3 rings (SSSR count). The molecule has 1 heterocycles. The van der Waals surface area contributed by atoms with Gasteiger partial charge in [-0.05, 0) is 44.0 Å². The van der Waals surface area contributed by atoms with Gasteiger partial charge >= 0.3 is 0 Å². The minimum absolute atomic E-state index is 0.0206. The second-order valence-corrected chi connectivity index (χ2v) is 5.76. The van der Waals surface area contributed by atoms with Crippen molar-refractivity contribution in [2.75, 3.05) is 0 Å². The monoisotopic (exact) mass is 280 g/mol. The first-order valence-electron chi connectivity index (χ1n) is 7.57. The number of fused-ring (bicyclic) bond motifs is 1. The fourth-order valence-electron chi connectivity index (χ4n) is 2.83. The summed E-state index contributed by atoms with van der Waals surface area (Å²) in [6.07, 6.45) is 8.02. The van der Waals surface area contributed by atoms with Crippen molar-refractivity contribution in [3.8, 4) is 0 Å². The van der Waals surface area contributed by atoms with Gasteiger partial charge in [-0.3, -0.25) is 4.79 Å². The third-order valence-electron chi connectivity index (χ3n) is 3.97. The van der Waals surface area contributed by atoms with Crippen LogP contribution in [0, 0.1) is 6.92 Å². The highest BCUT2D eigenvalue weighted by Crippen LogP contribution is 2.18. The Bertz CT molecular complexity index is 685. The zero-order valence-electron chi connectivity index (χ0n) is 12.3. The number of hydrogen-bond acceptors (Lipinski definition) is 2. The third-order valence-corrected chi connectivity index (χ3v) is 3.97. The summed E-state index contributed by atoms with van der Waals surface area (Å²) in [5.41, 5.74) is 3.00. The number of nitrogens with one attached hydrogen (secondary N) is 1. The van der Waals surface area contributed by atoms with Crippen molar-refractivity contribution >= 4 is 22.9 Å². The second kappa shape index (κ2) is 6.08. The Hall–Kier alpha value is -2.16. The van der Waals surface area contributed by atoms with E-state index in [0.717, 1.165) is 29.4 Å². The molecule has 0 unspecified atom stereocenters. The summed E-state index contributed by atoms with van der Waals surface area (Å²) in [7, 11) is 0. The SMILES string of the molecule is Cc1ccc2nc(/C=C/C(=O)NC3CCCC3)ccc2c1. The number of pyridine rings is 1. The third kappa shape index (κ3) is 3.48. The minimum atomic E-state index is -0.0206. The summed E-state index contributed by atoms with van der Waals surface area (Å²) >= 11 is 0. The molecule has 0 atom stereocenters. The Labute approximate surface area is 125 Å². The van der Waals surface area contributed by atoms with Gasteiger partial charge in [-0.25, -0.2) is 4.98 Å². The zero-order valence-corrected chi connectivity index (χ0v) is 12.3. The van der Waals surface area contributed by atoms with Crippen LogP contribution >= 0.6 is 0 Å². The number of nitrogens with zero attached hydrogens (tertiary/aromatic N) is 1. The summed E-state index contributed by atoms with van der Waals surface area (Å²) in [4.78, 5) is 16.4. The molecule has 0 aliphatic heterocycles. The molecule has 1 N–H and O–H groups in total. The molecule has 1 saturated carbocycles. The average Bonchev–Trinajstić information content (AvgIpc) is 2.98. The number of aromatic nitrogens is 1. The standard InChI is InChI=1S/C18H20N2O/c1-13-6-10-17-14(12-13)7-8-16(19-17)9-11-18(21)20-15-4-2-3-5-15/h6-12,15H,2-5H2,1H3,(H,20,21)/b11-9+. The average molecular weight is 280 g/mol. The summed E-state index contributed by atoms with van der Waals surface area (Å²) in [5.74, 6) is -0.0206. The molecule has 1 fully saturated rings. The van der Waals surface area contributed by atoms with Crippen LogP contribution in [0.5, 0.6) is 0 Å². The maximum Gasteiger partial charge on any atom is 0.244 e. The molecular formula is C18H20N2O. The zero-order chi connectivity index (χ0) is 14.7. The van der Waals surface area contributed by atoms with Crippen molar-refractivity contribution in [1.29, 1.82) is 0 Å². The van der Waals surface area contributed by atoms with Crippen molar-refractivity contribution in [3.05, 3.63) is 47.7 Å². The molecule has 1 aliphatic carbocycles. The van der Waals surface area contributed by atoms with E-state index < -0.39 is 0 Å². The molecule has 0 saturated heterocycles. The lowest BCUT2D eigenvalue weighted by molar-refractivity contribution is -0.117. The van der Waals surface area contributed by atoms with Gasteiger partial charge in [-0.2, -0.15) is 0 Å². The van der Waals surface area contributed by atoms with Crippen LogP contribution in [0.2, 0.25) is 0 Å². The number of carbonyl (C=O) groups excluding carboxylic acids is 1. The van der Waals surface area contributed by atoms with Crippen LogP contribution in [0.3, 0.4) is 0 Å². The van der Waals surface area contributed by atoms with Crippen molar-refractivity contribution in [1.82, 2.24) is 10.3 Å². The van der Waals surface area contributed by atoms with Crippen molar-refractivity contribution in [2.45, 2.75) is 38.6 Å². The van der Waals surface area contributed by atoms with E-state index in [2.05, 4.69) is 29.4 Å². The lowest BCUT2D eigenvalue weighted by Crippen LogP contribution is -2.30. The highest BCUT2D eigenvalue weighted by Gasteiger charge is 2.15. The Morgan fingerprint density at radius 2 is 2.05 bits per heavy atom. The second-order valence-electron chi connectivity index (χ2n) is 5.76. The molecule has 3 nitrogen and oxygen atoms in total. The van der Waals surface area contributed by atoms with Crippen LogP contribution < -0.4 is 5.32 Å². The van der Waals surface area contributed by atoms with E-state index in [9.17, 15) is 4.79 Å². The molecule has 3 heteroatoms. The van der Waals surface area contributed by atoms with E-state index in [-0.39, 0.29) is 5.91 Å². The molecule has 0 bridgehead atoms. The number of carbonyl (C=O) groups is 1. The van der Waals surface area contributed by atoms with Crippen molar-refractivity contribution in [2.24, 2.45) is 0 Å². The van der Waals surface area contributed by atoms with Gasteiger partial charge in [0.05, 0.1) is 11.2 Å². The predicted molar refractivity (Wildman–Crippen MR) is 85.9 cm³/mol. The van der Waals surface area contributed by atoms with E-state index in [4.69, 9.17) is 0 Å². The van der Waals surface area contributed by atoms with Gasteiger partial charge in [-0.1, -0.05) is 30.5 Å². The van der Waals surface area contributed by atoms with Gasteiger partial charge in [0.2, 0.25) is 5.91 Å². The normalized spacial score (nSPS) is 15.9. The van der Waals surface area contributed by atoms with E-state index >= 15 is 0 Å². The Balaban J connectivity index is 1.70. The fraction of sp³-hybridized carbons (Fsp3) is 0.333. The van der Waals surface area contributed by atoms with Crippen molar-refractivity contribution in [3.63, 3.8) is 0 Å². The van der Waals surface area contributed by atoms with Crippen molar-refractivity contribution < 1.29 is 4.79 Å². The molecule has 0 radical (unpaired) electrons. The van der Waals surface area contributed by atoms with Gasteiger partial charge < -0.3 is 5.32 Å². The molecule has 1 aliphatic rings. The Morgan fingerprint density at radius 1 is 1.24 bits per heavy atom. The lowest BCUT2D eigenvalue weighted by Gasteiger charge is -2.09. The first kappa shape index (κ1) is 13.8. The quantitative estimate of drug-likeness (QED) is 0.873. The molecule has 108 valence electrons. The maximum atomic E-state index is 11.9. The topological polar surface area (TPSA) is 42.0 Å². The first-order valence-corrected chi connectivity index (χ1v) is 7.57. The maximum absolute atomic E-state index is 11.9. The first-order chi connectivity index (χ1) is 10.2. The number of hydrogen-bond donors (Lipinski definition) is 1. The van der Waals surface area contributed by atoms with E-state index in [0.29, 0.717) is 6.04 Å². The highest BCUT2D eigenvalue weighted by molar-refractivity contribution is 5.92. The number of benzene rings is 1. The molecule has 0 spiro atoms. The summed E-state index contributed by atoms with van der Waals surface area (Å²) < 4.78 is 0. The number of aryl methyl sites for hydroxylation is 1. The molecule has 21 heavy (non-hydrogen) atoms. The predicted octanol–water partition coefficient (Wildman–Crippen LogP) is 3.62. The molecule has 1 aromatic carbocycles. The van der Waals surface area contributed by atoms with Gasteiger partial charge in [0, 0.05) is 17.5 Å². The molecule has 1 aromatic heterocycles. The molecule has 2 aromatic rings. The lowest BCUT2D eigenvalue weighted by atomic mass is 10.1. The van der Waals surface area contributed by atoms with Crippen LogP contribution in [-0.2, 0) is 4.79 Å². The highest BCUT2D eigenvalue weighted by atomic mass is 16.1. The smallest absolute Gasteiger partial charge is 0.244 e. The van der Waals surface area contributed by atoms with Gasteiger partial charge in [-0.15, -0.1) is 0 Å². The van der Waals surface area contributed by atoms with Gasteiger partial charge in [0.25, 0.3) is 0 Å². The van der Waals surface area contributed by atoms with Crippen LogP contribution in [0.15, 0.2) is 36.4 Å². The fourth-order valence-corrected chi connectivity index (χ4v) is 2.83. The molecular weight excluding hydrogens is 260 g/mol. The van der Waals surface area contributed by atoms with E-state index in [1.54, 1.807) is 12.2 Å². The largest absolute Gasteiger partial charge is 0.350 e. The Kier molecular flexibility index (Phi) is 4.00. The summed E-state index contributed by atoms with van der Waals surface area (Å²) in [6, 6.07) is 10.5. The summed E-state index contributed by atoms with van der Waals surface area (Å²) in [5, 5.41) is 4.17. The summed E-state index contributed by atoms with van der Waals surface area (Å²) in [6.45, 7) is 2.07. The van der Waals surface area contributed by atoms with Crippen LogP contribution in [0.25, 0.3) is 17.0 Å². The molecule has 1 amide bonds. The van der Waals surface area contributed by atoms with E-state index in [1.807, 2.05) is 18.2 Å². The van der Waals surface area contributed by atoms with Gasteiger partial charge in [0.15, 0.2) is 0 Å². The Morgan fingerprint density at radius 3 is 2.86 bits per heavy atom. The van der Waals surface area contributed by atoms with Crippen LogP contribution in [-0.4, -0.2) is 16.9 Å². The van der Waals surface area contributed by atoms with Crippen LogP contribution in [0.4, 0.5) is 0 Å². The number of amides is 1. The minimum Gasteiger partial charge on any atom is -0.350 e. The van der Waals surface area contributed by atoms with Crippen LogP contribution in [0.1, 0.15) is 36.9 Å². The van der Waals surface area contributed by atoms with E-state index in [1.165, 1.54) is 18.4 Å². The number of rotatable bonds is 3.